The lowest BCUT2D eigenvalue weighted by Gasteiger charge is -2.13. The molecule has 2 aromatic heterocycles. The summed E-state index contributed by atoms with van der Waals surface area (Å²) in [6.07, 6.45) is 0. The smallest absolute Gasteiger partial charge is 0.0547 e. The molecule has 0 bridgehead atoms. The van der Waals surface area contributed by atoms with Crippen molar-refractivity contribution >= 4 is 65.2 Å². The highest BCUT2D eigenvalue weighted by molar-refractivity contribution is 6.21. The molecule has 11 aromatic rings. The highest BCUT2D eigenvalue weighted by atomic mass is 15.0. The third kappa shape index (κ3) is 4.31. The van der Waals surface area contributed by atoms with Crippen molar-refractivity contribution in [1.29, 1.82) is 0 Å². The minimum absolute atomic E-state index is 1.16. The average molecular weight is 661 g/mol. The largest absolute Gasteiger partial charge is 0.309 e. The van der Waals surface area contributed by atoms with Crippen LogP contribution in [0, 0.1) is 0 Å². The number of para-hydroxylation sites is 3. The molecule has 0 atom stereocenters. The Labute approximate surface area is 301 Å². The number of hydrogen-bond donors (Lipinski definition) is 0. The van der Waals surface area contributed by atoms with Crippen molar-refractivity contribution in [1.82, 2.24) is 9.13 Å². The van der Waals surface area contributed by atoms with Gasteiger partial charge in [-0.3, -0.25) is 0 Å². The molecule has 242 valence electrons. The molecule has 2 heteroatoms. The van der Waals surface area contributed by atoms with Gasteiger partial charge >= 0.3 is 0 Å². The van der Waals surface area contributed by atoms with Gasteiger partial charge in [-0.15, -0.1) is 0 Å². The topological polar surface area (TPSA) is 9.86 Å². The third-order valence-electron chi connectivity index (χ3n) is 10.9. The molecule has 2 heterocycles. The number of aromatic nitrogens is 2. The second-order valence-corrected chi connectivity index (χ2v) is 13.7. The van der Waals surface area contributed by atoms with Crippen molar-refractivity contribution in [2.24, 2.45) is 0 Å². The zero-order valence-corrected chi connectivity index (χ0v) is 28.4. The molecular formula is C50H32N2. The minimum Gasteiger partial charge on any atom is -0.309 e. The Morgan fingerprint density at radius 3 is 1.46 bits per heavy atom. The standard InChI is InChI=1S/C50H32N2/c1-3-13-33(14-4-1)34-23-26-38(27-24-34)52-48-22-12-10-20-42(48)46-32-44-36(31-50(46)52)30-43(39-17-7-8-18-40(39)44)35-25-28-49-45(29-35)41-19-9-11-21-47(41)51(49)37-15-5-2-6-16-37/h1-32H. The molecule has 0 amide bonds. The van der Waals surface area contributed by atoms with Gasteiger partial charge in [0.25, 0.3) is 0 Å². The molecule has 0 fully saturated rings. The second-order valence-electron chi connectivity index (χ2n) is 13.7. The number of nitrogens with zero attached hydrogens (tertiary/aromatic N) is 2. The molecule has 2 nitrogen and oxygen atoms in total. The fourth-order valence-corrected chi connectivity index (χ4v) is 8.52. The van der Waals surface area contributed by atoms with Gasteiger partial charge in [0.05, 0.1) is 22.1 Å². The monoisotopic (exact) mass is 660 g/mol. The fraction of sp³-hybridized carbons (Fsp3) is 0. The Kier molecular flexibility index (Phi) is 6.28. The van der Waals surface area contributed by atoms with Gasteiger partial charge in [0.15, 0.2) is 0 Å². The molecule has 0 spiro atoms. The van der Waals surface area contributed by atoms with E-state index in [9.17, 15) is 0 Å². The predicted molar refractivity (Wildman–Crippen MR) is 221 cm³/mol. The first-order valence-corrected chi connectivity index (χ1v) is 17.9. The minimum atomic E-state index is 1.16. The summed E-state index contributed by atoms with van der Waals surface area (Å²) in [5.41, 5.74) is 12.1. The highest BCUT2D eigenvalue weighted by Gasteiger charge is 2.18. The van der Waals surface area contributed by atoms with Gasteiger partial charge in [0.1, 0.15) is 0 Å². The van der Waals surface area contributed by atoms with Crippen LogP contribution in [0.5, 0.6) is 0 Å². The maximum Gasteiger partial charge on any atom is 0.0547 e. The van der Waals surface area contributed by atoms with E-state index in [4.69, 9.17) is 0 Å². The Morgan fingerprint density at radius 2 is 0.750 bits per heavy atom. The fourth-order valence-electron chi connectivity index (χ4n) is 8.52. The van der Waals surface area contributed by atoms with Crippen LogP contribution in [0.2, 0.25) is 0 Å². The van der Waals surface area contributed by atoms with Crippen molar-refractivity contribution < 1.29 is 0 Å². The van der Waals surface area contributed by atoms with Crippen LogP contribution in [0.25, 0.3) is 98.8 Å². The number of benzene rings is 9. The van der Waals surface area contributed by atoms with Crippen LogP contribution in [0.15, 0.2) is 194 Å². The predicted octanol–water partition coefficient (Wildman–Crippen LogP) is 13.5. The van der Waals surface area contributed by atoms with Crippen LogP contribution < -0.4 is 0 Å². The maximum atomic E-state index is 2.43. The number of hydrogen-bond acceptors (Lipinski definition) is 0. The molecule has 0 aliphatic heterocycles. The molecule has 0 saturated carbocycles. The van der Waals surface area contributed by atoms with Gasteiger partial charge in [-0.1, -0.05) is 127 Å². The molecule has 0 saturated heterocycles. The van der Waals surface area contributed by atoms with E-state index in [0.717, 1.165) is 5.69 Å². The van der Waals surface area contributed by atoms with E-state index in [1.165, 1.54) is 93.1 Å². The van der Waals surface area contributed by atoms with Crippen LogP contribution >= 0.6 is 0 Å². The molecule has 0 N–H and O–H groups in total. The van der Waals surface area contributed by atoms with Gasteiger partial charge in [-0.2, -0.15) is 0 Å². The zero-order valence-electron chi connectivity index (χ0n) is 28.4. The van der Waals surface area contributed by atoms with Crippen LogP contribution in [-0.4, -0.2) is 9.13 Å². The normalized spacial score (nSPS) is 11.8. The summed E-state index contributed by atoms with van der Waals surface area (Å²) >= 11 is 0. The first-order valence-electron chi connectivity index (χ1n) is 17.9. The van der Waals surface area contributed by atoms with Gasteiger partial charge in [-0.05, 0) is 111 Å². The van der Waals surface area contributed by atoms with Crippen molar-refractivity contribution in [3.8, 4) is 33.6 Å². The zero-order chi connectivity index (χ0) is 34.2. The van der Waals surface area contributed by atoms with E-state index in [1.54, 1.807) is 0 Å². The maximum absolute atomic E-state index is 2.43. The summed E-state index contributed by atoms with van der Waals surface area (Å²) < 4.78 is 4.81. The van der Waals surface area contributed by atoms with E-state index >= 15 is 0 Å². The van der Waals surface area contributed by atoms with E-state index in [1.807, 2.05) is 0 Å². The Bertz CT molecular complexity index is 3150. The highest BCUT2D eigenvalue weighted by Crippen LogP contribution is 2.42. The third-order valence-corrected chi connectivity index (χ3v) is 10.9. The summed E-state index contributed by atoms with van der Waals surface area (Å²) in [5.74, 6) is 0. The first kappa shape index (κ1) is 28.9. The Morgan fingerprint density at radius 1 is 0.250 bits per heavy atom. The molecule has 9 aromatic carbocycles. The summed E-state index contributed by atoms with van der Waals surface area (Å²) in [6, 6.07) is 71.0. The molecule has 0 radical (unpaired) electrons. The van der Waals surface area contributed by atoms with Crippen molar-refractivity contribution in [3.63, 3.8) is 0 Å². The summed E-state index contributed by atoms with van der Waals surface area (Å²) in [5, 5.41) is 10.1. The SMILES string of the molecule is c1ccc(-c2ccc(-n3c4ccccc4c4cc5c(cc(-c6ccc7c(c6)c6ccccc6n7-c6ccccc6)c6ccccc65)cc43)cc2)cc1. The number of rotatable bonds is 4. The lowest BCUT2D eigenvalue weighted by Crippen LogP contribution is -1.94. The number of fused-ring (bicyclic) bond motifs is 9. The van der Waals surface area contributed by atoms with Gasteiger partial charge < -0.3 is 9.13 Å². The van der Waals surface area contributed by atoms with E-state index in [0.29, 0.717) is 0 Å². The molecule has 0 aliphatic carbocycles. The Hall–Kier alpha value is -6.90. The lowest BCUT2D eigenvalue weighted by molar-refractivity contribution is 1.18. The molecule has 0 aliphatic rings. The lowest BCUT2D eigenvalue weighted by atomic mass is 9.92. The van der Waals surface area contributed by atoms with Crippen LogP contribution in [0.4, 0.5) is 0 Å². The molecule has 52 heavy (non-hydrogen) atoms. The van der Waals surface area contributed by atoms with Crippen LogP contribution in [-0.2, 0) is 0 Å². The van der Waals surface area contributed by atoms with Crippen molar-refractivity contribution in [2.45, 2.75) is 0 Å². The van der Waals surface area contributed by atoms with E-state index in [2.05, 4.69) is 203 Å². The van der Waals surface area contributed by atoms with Gasteiger partial charge in [0, 0.05) is 32.9 Å². The van der Waals surface area contributed by atoms with Gasteiger partial charge in [-0.25, -0.2) is 0 Å². The van der Waals surface area contributed by atoms with E-state index < -0.39 is 0 Å². The van der Waals surface area contributed by atoms with Crippen LogP contribution in [0.3, 0.4) is 0 Å². The summed E-state index contributed by atoms with van der Waals surface area (Å²) in [4.78, 5) is 0. The summed E-state index contributed by atoms with van der Waals surface area (Å²) in [6.45, 7) is 0. The van der Waals surface area contributed by atoms with Gasteiger partial charge in [0.2, 0.25) is 0 Å². The summed E-state index contributed by atoms with van der Waals surface area (Å²) in [7, 11) is 0. The molecule has 11 rings (SSSR count). The van der Waals surface area contributed by atoms with E-state index in [-0.39, 0.29) is 0 Å². The average Bonchev–Trinajstić information content (AvgIpc) is 3.72. The van der Waals surface area contributed by atoms with Crippen molar-refractivity contribution in [3.05, 3.63) is 194 Å². The quantitative estimate of drug-likeness (QED) is 0.166. The molecule has 0 unspecified atom stereocenters. The second kappa shape index (κ2) is 11.3. The van der Waals surface area contributed by atoms with Crippen LogP contribution in [0.1, 0.15) is 0 Å². The molecular weight excluding hydrogens is 629 g/mol. The first-order chi connectivity index (χ1) is 25.8. The van der Waals surface area contributed by atoms with Crippen molar-refractivity contribution in [2.75, 3.05) is 0 Å². The Balaban J connectivity index is 1.15.